The summed E-state index contributed by atoms with van der Waals surface area (Å²) in [6.45, 7) is 0.537. The molecule has 0 saturated carbocycles. The summed E-state index contributed by atoms with van der Waals surface area (Å²) in [7, 11) is 0. The van der Waals surface area contributed by atoms with E-state index in [1.165, 1.54) is 18.2 Å². The monoisotopic (exact) mass is 519 g/mol. The topological polar surface area (TPSA) is 90.8 Å². The molecule has 0 unspecified atom stereocenters. The van der Waals surface area contributed by atoms with Gasteiger partial charge in [-0.2, -0.15) is 5.10 Å². The largest absolute Gasteiger partial charge is 0.506 e. The number of hydrogen-bond donors (Lipinski definition) is 3. The highest BCUT2D eigenvalue weighted by atomic mass is 35.5. The number of rotatable bonds is 8. The first kappa shape index (κ1) is 25.2. The molecule has 4 rings (SSSR count). The molecule has 0 aliphatic rings. The van der Waals surface area contributed by atoms with Crippen LogP contribution in [0.1, 0.15) is 27.0 Å². The number of aromatic hydroxyl groups is 1. The van der Waals surface area contributed by atoms with Gasteiger partial charge in [0.25, 0.3) is 5.91 Å². The molecule has 0 heterocycles. The number of carbonyl (C=O) groups is 2. The van der Waals surface area contributed by atoms with Gasteiger partial charge in [-0.05, 0) is 58.7 Å². The van der Waals surface area contributed by atoms with Crippen LogP contribution in [0, 0.1) is 0 Å². The second kappa shape index (κ2) is 11.7. The van der Waals surface area contributed by atoms with Crippen LogP contribution >= 0.6 is 23.2 Å². The number of hydrazone groups is 1. The third kappa shape index (κ3) is 6.42. The first-order valence-electron chi connectivity index (χ1n) is 11.2. The van der Waals surface area contributed by atoms with E-state index in [1.54, 1.807) is 6.21 Å². The van der Waals surface area contributed by atoms with E-state index in [2.05, 4.69) is 15.8 Å². The maximum atomic E-state index is 12.6. The third-order valence-electron chi connectivity index (χ3n) is 5.63. The lowest BCUT2D eigenvalue weighted by Crippen LogP contribution is -2.27. The van der Waals surface area contributed by atoms with Crippen molar-refractivity contribution < 1.29 is 14.7 Å². The maximum absolute atomic E-state index is 12.6. The Balaban J connectivity index is 1.40. The minimum Gasteiger partial charge on any atom is -0.506 e. The van der Waals surface area contributed by atoms with Crippen LogP contribution in [0.3, 0.4) is 0 Å². The minimum atomic E-state index is -0.454. The molecular formula is C28H23Cl2N3O3. The number of benzene rings is 4. The van der Waals surface area contributed by atoms with Crippen LogP contribution in [0.4, 0.5) is 0 Å². The molecule has 36 heavy (non-hydrogen) atoms. The Morgan fingerprint density at radius 3 is 2.42 bits per heavy atom. The van der Waals surface area contributed by atoms with Crippen molar-refractivity contribution in [3.05, 3.63) is 111 Å². The summed E-state index contributed by atoms with van der Waals surface area (Å²) < 4.78 is 0. The maximum Gasteiger partial charge on any atom is 0.271 e. The van der Waals surface area contributed by atoms with E-state index in [0.29, 0.717) is 11.6 Å². The highest BCUT2D eigenvalue weighted by molar-refractivity contribution is 6.32. The van der Waals surface area contributed by atoms with Gasteiger partial charge in [-0.3, -0.25) is 9.59 Å². The molecule has 0 aliphatic heterocycles. The molecule has 0 bridgehead atoms. The standard InChI is InChI=1S/C28H23Cl2N3O3/c29-22-10-5-18(6-11-22)13-14-31-27(35)16-19-7-8-21(24-4-2-1-3-23(19)24)17-32-33-28(36)20-9-12-26(34)25(30)15-20/h1-12,15,17,34H,13-14,16H2,(H,31,35)(H,33,36). The summed E-state index contributed by atoms with van der Waals surface area (Å²) in [5.41, 5.74) is 5.54. The molecule has 0 fully saturated rings. The van der Waals surface area contributed by atoms with Crippen LogP contribution in [0.5, 0.6) is 5.75 Å². The molecule has 0 radical (unpaired) electrons. The zero-order valence-corrected chi connectivity index (χ0v) is 20.7. The van der Waals surface area contributed by atoms with Gasteiger partial charge in [0.15, 0.2) is 0 Å². The Hall–Kier alpha value is -3.87. The summed E-state index contributed by atoms with van der Waals surface area (Å²) in [5.74, 6) is -0.613. The van der Waals surface area contributed by atoms with Crippen molar-refractivity contribution in [3.8, 4) is 5.75 Å². The summed E-state index contributed by atoms with van der Waals surface area (Å²) in [4.78, 5) is 24.9. The van der Waals surface area contributed by atoms with Crippen LogP contribution in [-0.2, 0) is 17.6 Å². The number of halogens is 2. The summed E-state index contributed by atoms with van der Waals surface area (Å²) in [6, 6.07) is 23.2. The molecule has 182 valence electrons. The van der Waals surface area contributed by atoms with E-state index in [1.807, 2.05) is 60.7 Å². The van der Waals surface area contributed by atoms with E-state index in [4.69, 9.17) is 23.2 Å². The zero-order chi connectivity index (χ0) is 25.5. The average molecular weight is 520 g/mol. The average Bonchev–Trinajstić information content (AvgIpc) is 2.88. The Morgan fingerprint density at radius 2 is 1.67 bits per heavy atom. The Morgan fingerprint density at radius 1 is 0.917 bits per heavy atom. The van der Waals surface area contributed by atoms with E-state index < -0.39 is 5.91 Å². The van der Waals surface area contributed by atoms with Crippen molar-refractivity contribution in [1.82, 2.24) is 10.7 Å². The molecule has 0 aliphatic carbocycles. The van der Waals surface area contributed by atoms with E-state index in [0.717, 1.165) is 33.9 Å². The van der Waals surface area contributed by atoms with Gasteiger partial charge in [-0.25, -0.2) is 5.43 Å². The first-order valence-corrected chi connectivity index (χ1v) is 12.0. The van der Waals surface area contributed by atoms with Gasteiger partial charge in [0.2, 0.25) is 5.91 Å². The van der Waals surface area contributed by atoms with Crippen molar-refractivity contribution in [2.45, 2.75) is 12.8 Å². The van der Waals surface area contributed by atoms with Crippen LogP contribution in [-0.4, -0.2) is 29.7 Å². The fourth-order valence-electron chi connectivity index (χ4n) is 3.76. The summed E-state index contributed by atoms with van der Waals surface area (Å²) in [5, 5.41) is 19.2. The second-order valence-electron chi connectivity index (χ2n) is 8.13. The highest BCUT2D eigenvalue weighted by Gasteiger charge is 2.10. The smallest absolute Gasteiger partial charge is 0.271 e. The van der Waals surface area contributed by atoms with Crippen LogP contribution in [0.25, 0.3) is 10.8 Å². The SMILES string of the molecule is O=C(Cc1ccc(C=NNC(=O)c2ccc(O)c(Cl)c2)c2ccccc12)NCCc1ccc(Cl)cc1. The molecule has 0 spiro atoms. The number of carbonyl (C=O) groups excluding carboxylic acids is 2. The quantitative estimate of drug-likeness (QED) is 0.211. The van der Waals surface area contributed by atoms with Crippen molar-refractivity contribution >= 4 is 52.0 Å². The van der Waals surface area contributed by atoms with Crippen molar-refractivity contribution in [2.75, 3.05) is 6.54 Å². The fourth-order valence-corrected chi connectivity index (χ4v) is 4.06. The van der Waals surface area contributed by atoms with Crippen LogP contribution in [0.15, 0.2) is 84.0 Å². The van der Waals surface area contributed by atoms with Gasteiger partial charge >= 0.3 is 0 Å². The van der Waals surface area contributed by atoms with Crippen LogP contribution in [0.2, 0.25) is 10.0 Å². The number of hydrogen-bond acceptors (Lipinski definition) is 4. The van der Waals surface area contributed by atoms with E-state index >= 15 is 0 Å². The summed E-state index contributed by atoms with van der Waals surface area (Å²) in [6.07, 6.45) is 2.52. The Bertz CT molecular complexity index is 1440. The van der Waals surface area contributed by atoms with Gasteiger partial charge in [0.1, 0.15) is 5.75 Å². The van der Waals surface area contributed by atoms with Crippen molar-refractivity contribution in [3.63, 3.8) is 0 Å². The lowest BCUT2D eigenvalue weighted by Gasteiger charge is -2.10. The Labute approximate surface area is 218 Å². The number of nitrogens with one attached hydrogen (secondary N) is 2. The molecule has 6 nitrogen and oxygen atoms in total. The molecular weight excluding hydrogens is 497 g/mol. The molecule has 0 atom stereocenters. The van der Waals surface area contributed by atoms with Gasteiger partial charge in [-0.1, -0.05) is 71.7 Å². The van der Waals surface area contributed by atoms with Gasteiger partial charge in [0.05, 0.1) is 17.7 Å². The molecule has 8 heteroatoms. The van der Waals surface area contributed by atoms with Gasteiger partial charge in [0, 0.05) is 22.7 Å². The normalized spacial score (nSPS) is 11.1. The van der Waals surface area contributed by atoms with Gasteiger partial charge < -0.3 is 10.4 Å². The lowest BCUT2D eigenvalue weighted by molar-refractivity contribution is -0.120. The number of amides is 2. The van der Waals surface area contributed by atoms with Crippen molar-refractivity contribution in [2.24, 2.45) is 5.10 Å². The van der Waals surface area contributed by atoms with Gasteiger partial charge in [-0.15, -0.1) is 0 Å². The van der Waals surface area contributed by atoms with Crippen LogP contribution < -0.4 is 10.7 Å². The number of phenols is 1. The molecule has 3 N–H and O–H groups in total. The number of nitrogens with zero attached hydrogens (tertiary/aromatic N) is 1. The fraction of sp³-hybridized carbons (Fsp3) is 0.107. The number of fused-ring (bicyclic) bond motifs is 1. The molecule has 4 aromatic carbocycles. The predicted molar refractivity (Wildman–Crippen MR) is 144 cm³/mol. The van der Waals surface area contributed by atoms with E-state index in [9.17, 15) is 14.7 Å². The van der Waals surface area contributed by atoms with E-state index in [-0.39, 0.29) is 28.7 Å². The zero-order valence-electron chi connectivity index (χ0n) is 19.2. The number of phenolic OH excluding ortho intramolecular Hbond substituents is 1. The molecule has 2 amide bonds. The van der Waals surface area contributed by atoms with Crippen molar-refractivity contribution in [1.29, 1.82) is 0 Å². The summed E-state index contributed by atoms with van der Waals surface area (Å²) >= 11 is 11.8. The predicted octanol–water partition coefficient (Wildman–Crippen LogP) is 5.52. The molecule has 0 aromatic heterocycles. The third-order valence-corrected chi connectivity index (χ3v) is 6.18. The lowest BCUT2D eigenvalue weighted by atomic mass is 9.98. The second-order valence-corrected chi connectivity index (χ2v) is 8.97. The highest BCUT2D eigenvalue weighted by Crippen LogP contribution is 2.24. The Kier molecular flexibility index (Phi) is 8.21. The first-order chi connectivity index (χ1) is 17.4. The minimum absolute atomic E-state index is 0.0599. The molecule has 0 saturated heterocycles. The molecule has 4 aromatic rings.